The number of benzene rings is 1. The zero-order chi connectivity index (χ0) is 13.5. The first-order valence-corrected chi connectivity index (χ1v) is 5.70. The molecule has 0 saturated carbocycles. The maximum Gasteiger partial charge on any atom is 0.305 e. The summed E-state index contributed by atoms with van der Waals surface area (Å²) in [5, 5.41) is 8.52. The Labute approximate surface area is 107 Å². The van der Waals surface area contributed by atoms with Crippen molar-refractivity contribution in [3.05, 3.63) is 41.5 Å². The van der Waals surface area contributed by atoms with E-state index in [-0.39, 0.29) is 18.9 Å². The molecule has 1 amide bonds. The van der Waals surface area contributed by atoms with E-state index in [1.54, 1.807) is 13.1 Å². The van der Waals surface area contributed by atoms with Gasteiger partial charge in [0.25, 0.3) is 0 Å². The van der Waals surface area contributed by atoms with Gasteiger partial charge in [0.1, 0.15) is 0 Å². The second-order valence-corrected chi connectivity index (χ2v) is 4.15. The molecule has 1 aromatic rings. The SMILES string of the molecule is Cc1ccc(/C=C/C(=O)N(C)CCC(=O)O)cc1. The maximum atomic E-state index is 11.6. The zero-order valence-corrected chi connectivity index (χ0v) is 10.6. The molecule has 0 radical (unpaired) electrons. The van der Waals surface area contributed by atoms with Gasteiger partial charge in [0.05, 0.1) is 6.42 Å². The Morgan fingerprint density at radius 3 is 2.44 bits per heavy atom. The molecule has 0 heterocycles. The summed E-state index contributed by atoms with van der Waals surface area (Å²) in [5.74, 6) is -1.10. The lowest BCUT2D eigenvalue weighted by atomic mass is 10.1. The quantitative estimate of drug-likeness (QED) is 0.809. The van der Waals surface area contributed by atoms with Crippen LogP contribution in [0, 0.1) is 6.92 Å². The second kappa shape index (κ2) is 6.59. The number of amides is 1. The molecule has 96 valence electrons. The van der Waals surface area contributed by atoms with Crippen molar-refractivity contribution in [3.8, 4) is 0 Å². The van der Waals surface area contributed by atoms with Crippen LogP contribution in [0.15, 0.2) is 30.3 Å². The Morgan fingerprint density at radius 2 is 1.89 bits per heavy atom. The summed E-state index contributed by atoms with van der Waals surface area (Å²) < 4.78 is 0. The number of nitrogens with zero attached hydrogens (tertiary/aromatic N) is 1. The summed E-state index contributed by atoms with van der Waals surface area (Å²) in [6, 6.07) is 7.79. The van der Waals surface area contributed by atoms with Gasteiger partial charge >= 0.3 is 5.97 Å². The standard InChI is InChI=1S/C14H17NO3/c1-11-3-5-12(6-4-11)7-8-13(16)15(2)10-9-14(17)18/h3-8H,9-10H2,1-2H3,(H,17,18)/b8-7+. The molecule has 4 nitrogen and oxygen atoms in total. The fraction of sp³-hybridized carbons (Fsp3) is 0.286. The average Bonchev–Trinajstić information content (AvgIpc) is 2.34. The minimum absolute atomic E-state index is 0.0411. The number of likely N-dealkylation sites (N-methyl/N-ethyl adjacent to an activating group) is 1. The minimum atomic E-state index is -0.905. The van der Waals surface area contributed by atoms with E-state index in [1.165, 1.54) is 11.0 Å². The third kappa shape index (κ3) is 4.82. The summed E-state index contributed by atoms with van der Waals surface area (Å²) in [7, 11) is 1.59. The Kier molecular flexibility index (Phi) is 5.11. The number of carbonyl (C=O) groups excluding carboxylic acids is 1. The highest BCUT2D eigenvalue weighted by Crippen LogP contribution is 2.05. The molecule has 0 saturated heterocycles. The Hall–Kier alpha value is -2.10. The molecule has 0 atom stereocenters. The van der Waals surface area contributed by atoms with Gasteiger partial charge in [-0.15, -0.1) is 0 Å². The second-order valence-electron chi connectivity index (χ2n) is 4.15. The number of hydrogen-bond acceptors (Lipinski definition) is 2. The molecule has 0 bridgehead atoms. The van der Waals surface area contributed by atoms with Gasteiger partial charge in [-0.25, -0.2) is 0 Å². The van der Waals surface area contributed by atoms with Crippen LogP contribution >= 0.6 is 0 Å². The Bertz CT molecular complexity index is 449. The van der Waals surface area contributed by atoms with Crippen molar-refractivity contribution in [2.24, 2.45) is 0 Å². The van der Waals surface area contributed by atoms with Gasteiger partial charge in [0, 0.05) is 19.7 Å². The molecular weight excluding hydrogens is 230 g/mol. The van der Waals surface area contributed by atoms with Crippen LogP contribution in [0.2, 0.25) is 0 Å². The van der Waals surface area contributed by atoms with Crippen LogP contribution < -0.4 is 0 Å². The zero-order valence-electron chi connectivity index (χ0n) is 10.6. The third-order valence-electron chi connectivity index (χ3n) is 2.53. The van der Waals surface area contributed by atoms with Gasteiger partial charge in [0.15, 0.2) is 0 Å². The van der Waals surface area contributed by atoms with E-state index >= 15 is 0 Å². The van der Waals surface area contributed by atoms with Crippen LogP contribution in [0.3, 0.4) is 0 Å². The Balaban J connectivity index is 2.53. The number of carboxylic acids is 1. The highest BCUT2D eigenvalue weighted by molar-refractivity contribution is 5.91. The van der Waals surface area contributed by atoms with Crippen molar-refractivity contribution in [2.75, 3.05) is 13.6 Å². The largest absolute Gasteiger partial charge is 0.481 e. The van der Waals surface area contributed by atoms with E-state index in [9.17, 15) is 9.59 Å². The summed E-state index contributed by atoms with van der Waals surface area (Å²) in [6.07, 6.45) is 3.13. The van der Waals surface area contributed by atoms with Crippen molar-refractivity contribution in [3.63, 3.8) is 0 Å². The Morgan fingerprint density at radius 1 is 1.28 bits per heavy atom. The van der Waals surface area contributed by atoms with Crippen LogP contribution in [0.25, 0.3) is 6.08 Å². The summed E-state index contributed by atoms with van der Waals surface area (Å²) in [5.41, 5.74) is 2.11. The molecule has 0 aromatic heterocycles. The molecule has 0 aliphatic heterocycles. The lowest BCUT2D eigenvalue weighted by molar-refractivity contribution is -0.137. The number of rotatable bonds is 5. The van der Waals surface area contributed by atoms with Crippen molar-refractivity contribution in [2.45, 2.75) is 13.3 Å². The maximum absolute atomic E-state index is 11.6. The van der Waals surface area contributed by atoms with E-state index in [1.807, 2.05) is 31.2 Å². The topological polar surface area (TPSA) is 57.6 Å². The summed E-state index contributed by atoms with van der Waals surface area (Å²) in [6.45, 7) is 2.21. The first kappa shape index (κ1) is 14.0. The van der Waals surface area contributed by atoms with E-state index < -0.39 is 5.97 Å². The number of carbonyl (C=O) groups is 2. The van der Waals surface area contributed by atoms with Crippen LogP contribution in [0.1, 0.15) is 17.5 Å². The predicted octanol–water partition coefficient (Wildman–Crippen LogP) is 1.94. The molecule has 1 rings (SSSR count). The lowest BCUT2D eigenvalue weighted by Gasteiger charge is -2.13. The molecule has 0 spiro atoms. The van der Waals surface area contributed by atoms with Crippen molar-refractivity contribution in [1.29, 1.82) is 0 Å². The highest BCUT2D eigenvalue weighted by atomic mass is 16.4. The number of aliphatic carboxylic acids is 1. The molecule has 4 heteroatoms. The van der Waals surface area contributed by atoms with Crippen molar-refractivity contribution < 1.29 is 14.7 Å². The first-order valence-electron chi connectivity index (χ1n) is 5.70. The smallest absolute Gasteiger partial charge is 0.305 e. The minimum Gasteiger partial charge on any atom is -0.481 e. The highest BCUT2D eigenvalue weighted by Gasteiger charge is 2.06. The molecule has 0 unspecified atom stereocenters. The van der Waals surface area contributed by atoms with Crippen LogP contribution in [0.5, 0.6) is 0 Å². The fourth-order valence-corrected chi connectivity index (χ4v) is 1.35. The predicted molar refractivity (Wildman–Crippen MR) is 70.1 cm³/mol. The van der Waals surface area contributed by atoms with Gasteiger partial charge < -0.3 is 10.0 Å². The number of hydrogen-bond donors (Lipinski definition) is 1. The molecule has 1 aromatic carbocycles. The van der Waals surface area contributed by atoms with Crippen LogP contribution in [0.4, 0.5) is 0 Å². The molecular formula is C14H17NO3. The molecule has 0 aliphatic rings. The molecule has 0 fully saturated rings. The van der Waals surface area contributed by atoms with Gasteiger partial charge in [-0.3, -0.25) is 9.59 Å². The first-order chi connectivity index (χ1) is 8.49. The molecule has 1 N–H and O–H groups in total. The molecule has 18 heavy (non-hydrogen) atoms. The fourth-order valence-electron chi connectivity index (χ4n) is 1.35. The van der Waals surface area contributed by atoms with E-state index in [0.717, 1.165) is 11.1 Å². The van der Waals surface area contributed by atoms with E-state index in [2.05, 4.69) is 0 Å². The third-order valence-corrected chi connectivity index (χ3v) is 2.53. The van der Waals surface area contributed by atoms with Gasteiger partial charge in [-0.2, -0.15) is 0 Å². The van der Waals surface area contributed by atoms with Crippen molar-refractivity contribution in [1.82, 2.24) is 4.90 Å². The summed E-state index contributed by atoms with van der Waals surface area (Å²) >= 11 is 0. The summed E-state index contributed by atoms with van der Waals surface area (Å²) in [4.78, 5) is 23.4. The van der Waals surface area contributed by atoms with Crippen LogP contribution in [-0.2, 0) is 9.59 Å². The lowest BCUT2D eigenvalue weighted by Crippen LogP contribution is -2.27. The average molecular weight is 247 g/mol. The van der Waals surface area contributed by atoms with Crippen LogP contribution in [-0.4, -0.2) is 35.5 Å². The number of carboxylic acid groups (broad SMARTS) is 1. The number of aryl methyl sites for hydroxylation is 1. The van der Waals surface area contributed by atoms with Gasteiger partial charge in [-0.05, 0) is 18.6 Å². The van der Waals surface area contributed by atoms with Gasteiger partial charge in [-0.1, -0.05) is 29.8 Å². The van der Waals surface area contributed by atoms with E-state index in [0.29, 0.717) is 0 Å². The monoisotopic (exact) mass is 247 g/mol. The molecule has 0 aliphatic carbocycles. The van der Waals surface area contributed by atoms with E-state index in [4.69, 9.17) is 5.11 Å². The van der Waals surface area contributed by atoms with Gasteiger partial charge in [0.2, 0.25) is 5.91 Å². The van der Waals surface area contributed by atoms with Crippen molar-refractivity contribution >= 4 is 18.0 Å². The normalized spacial score (nSPS) is 10.6.